The van der Waals surface area contributed by atoms with Gasteiger partial charge in [-0.1, -0.05) is 13.0 Å². The predicted octanol–water partition coefficient (Wildman–Crippen LogP) is 2.98. The van der Waals surface area contributed by atoms with E-state index in [9.17, 15) is 18.3 Å². The Morgan fingerprint density at radius 3 is 2.55 bits per heavy atom. The molecule has 0 unspecified atom stereocenters. The number of aryl methyl sites for hydroxylation is 2. The van der Waals surface area contributed by atoms with Gasteiger partial charge in [0.2, 0.25) is 10.0 Å². The van der Waals surface area contributed by atoms with Gasteiger partial charge in [0.05, 0.1) is 29.9 Å². The summed E-state index contributed by atoms with van der Waals surface area (Å²) in [6.07, 6.45) is 1.81. The van der Waals surface area contributed by atoms with E-state index in [1.807, 2.05) is 13.8 Å². The summed E-state index contributed by atoms with van der Waals surface area (Å²) in [5, 5.41) is 14.6. The number of phenolic OH excluding ortho intramolecular Hbond substituents is 1. The molecule has 0 atom stereocenters. The number of nitrogens with one attached hydrogen (secondary N) is 2. The molecular formula is C26H31N5O6S. The largest absolute Gasteiger partial charge is 0.504 e. The average molecular weight is 542 g/mol. The molecule has 202 valence electrons. The molecule has 0 aliphatic carbocycles. The molecule has 0 amide bonds. The number of aromatic amines is 1. The predicted molar refractivity (Wildman–Crippen MR) is 142 cm³/mol. The van der Waals surface area contributed by atoms with E-state index >= 15 is 0 Å². The molecule has 0 fully saturated rings. The van der Waals surface area contributed by atoms with Crippen LogP contribution in [0.15, 0.2) is 46.1 Å². The zero-order valence-corrected chi connectivity index (χ0v) is 22.6. The minimum Gasteiger partial charge on any atom is -0.504 e. The number of ether oxygens (including phenoxy) is 2. The van der Waals surface area contributed by atoms with E-state index in [1.165, 1.54) is 29.8 Å². The van der Waals surface area contributed by atoms with Gasteiger partial charge in [-0.05, 0) is 62.6 Å². The first kappa shape index (κ1) is 27.1. The lowest BCUT2D eigenvalue weighted by Gasteiger charge is -2.13. The fourth-order valence-electron chi connectivity index (χ4n) is 4.19. The van der Waals surface area contributed by atoms with Gasteiger partial charge in [0.1, 0.15) is 11.6 Å². The summed E-state index contributed by atoms with van der Waals surface area (Å²) in [6.45, 7) is 6.01. The van der Waals surface area contributed by atoms with Gasteiger partial charge in [-0.25, -0.2) is 22.6 Å². The Labute approximate surface area is 220 Å². The molecule has 11 nitrogen and oxygen atoms in total. The number of phenols is 1. The van der Waals surface area contributed by atoms with Crippen LogP contribution in [-0.4, -0.2) is 53.4 Å². The van der Waals surface area contributed by atoms with E-state index in [0.717, 1.165) is 12.0 Å². The highest BCUT2D eigenvalue weighted by Gasteiger charge is 2.21. The Kier molecular flexibility index (Phi) is 8.02. The molecule has 12 heteroatoms. The van der Waals surface area contributed by atoms with Crippen molar-refractivity contribution in [1.29, 1.82) is 0 Å². The van der Waals surface area contributed by atoms with Gasteiger partial charge in [0, 0.05) is 13.0 Å². The molecule has 4 aromatic rings. The van der Waals surface area contributed by atoms with Crippen molar-refractivity contribution in [2.75, 3.05) is 20.3 Å². The molecule has 0 bridgehead atoms. The Balaban J connectivity index is 1.67. The van der Waals surface area contributed by atoms with Crippen LogP contribution >= 0.6 is 0 Å². The number of nitrogens with zero attached hydrogens (tertiary/aromatic N) is 3. The van der Waals surface area contributed by atoms with Crippen LogP contribution in [0.2, 0.25) is 0 Å². The summed E-state index contributed by atoms with van der Waals surface area (Å²) < 4.78 is 41.1. The lowest BCUT2D eigenvalue weighted by Crippen LogP contribution is -2.26. The molecule has 0 saturated carbocycles. The number of H-pyrrole nitrogens is 1. The van der Waals surface area contributed by atoms with Crippen LogP contribution in [0.5, 0.6) is 17.2 Å². The van der Waals surface area contributed by atoms with E-state index in [0.29, 0.717) is 53.5 Å². The van der Waals surface area contributed by atoms with Crippen LogP contribution < -0.4 is 19.8 Å². The normalized spacial score (nSPS) is 11.7. The zero-order valence-electron chi connectivity index (χ0n) is 21.7. The maximum atomic E-state index is 13.1. The molecular weight excluding hydrogens is 510 g/mol. The second-order valence-electron chi connectivity index (χ2n) is 8.67. The first-order chi connectivity index (χ1) is 18.2. The maximum Gasteiger partial charge on any atom is 0.277 e. The van der Waals surface area contributed by atoms with Crippen molar-refractivity contribution in [3.63, 3.8) is 0 Å². The number of aromatic hydroxyl groups is 1. The van der Waals surface area contributed by atoms with Crippen molar-refractivity contribution in [2.24, 2.45) is 0 Å². The SMILES string of the molecule is CCCc1nc(C)c2c(=O)[nH]c(-c3cc(S(=O)(=O)NCCc4ccc(OC)c(O)c4)ccc3OCC)nn12. The first-order valence-corrected chi connectivity index (χ1v) is 13.8. The van der Waals surface area contributed by atoms with Crippen molar-refractivity contribution in [3.05, 3.63) is 63.8 Å². The number of sulfonamides is 1. The molecule has 38 heavy (non-hydrogen) atoms. The van der Waals surface area contributed by atoms with E-state index in [1.54, 1.807) is 25.1 Å². The summed E-state index contributed by atoms with van der Waals surface area (Å²) in [5.74, 6) is 1.54. The second kappa shape index (κ2) is 11.2. The summed E-state index contributed by atoms with van der Waals surface area (Å²) in [7, 11) is -2.46. The molecule has 0 aliphatic rings. The number of benzene rings is 2. The first-order valence-electron chi connectivity index (χ1n) is 12.3. The van der Waals surface area contributed by atoms with Gasteiger partial charge in [0.25, 0.3) is 5.56 Å². The Morgan fingerprint density at radius 2 is 1.87 bits per heavy atom. The van der Waals surface area contributed by atoms with Crippen molar-refractivity contribution in [1.82, 2.24) is 24.3 Å². The van der Waals surface area contributed by atoms with Gasteiger partial charge in [-0.2, -0.15) is 0 Å². The Bertz CT molecular complexity index is 1630. The van der Waals surface area contributed by atoms with Crippen LogP contribution in [-0.2, 0) is 22.9 Å². The number of aromatic nitrogens is 4. The quantitative estimate of drug-likeness (QED) is 0.263. The molecule has 0 spiro atoms. The van der Waals surface area contributed by atoms with Gasteiger partial charge < -0.3 is 19.6 Å². The van der Waals surface area contributed by atoms with E-state index in [4.69, 9.17) is 9.47 Å². The number of hydrogen-bond acceptors (Lipinski definition) is 8. The molecule has 2 aromatic carbocycles. The molecule has 0 aliphatic heterocycles. The van der Waals surface area contributed by atoms with Crippen LogP contribution in [0.4, 0.5) is 0 Å². The molecule has 2 heterocycles. The molecule has 0 saturated heterocycles. The third-order valence-corrected chi connectivity index (χ3v) is 7.44. The van der Waals surface area contributed by atoms with E-state index < -0.39 is 10.0 Å². The summed E-state index contributed by atoms with van der Waals surface area (Å²) >= 11 is 0. The van der Waals surface area contributed by atoms with E-state index in [-0.39, 0.29) is 28.6 Å². The average Bonchev–Trinajstić information content (AvgIpc) is 3.20. The van der Waals surface area contributed by atoms with Crippen molar-refractivity contribution in [2.45, 2.75) is 44.9 Å². The minimum absolute atomic E-state index is 0.00753. The van der Waals surface area contributed by atoms with Crippen molar-refractivity contribution in [3.8, 4) is 28.6 Å². The van der Waals surface area contributed by atoms with Crippen molar-refractivity contribution < 1.29 is 23.0 Å². The molecule has 3 N–H and O–H groups in total. The number of fused-ring (bicyclic) bond motifs is 1. The standard InChI is InChI=1S/C26H31N5O6S/c1-5-7-23-28-16(3)24-26(33)29-25(30-31(23)24)19-15-18(9-11-21(19)37-6-2)38(34,35)27-13-12-17-8-10-22(36-4)20(32)14-17/h8-11,14-15,27,32H,5-7,12-13H2,1-4H3,(H,29,30,33). The highest BCUT2D eigenvalue weighted by atomic mass is 32.2. The number of rotatable bonds is 11. The number of imidazole rings is 1. The highest BCUT2D eigenvalue weighted by Crippen LogP contribution is 2.30. The number of methoxy groups -OCH3 is 1. The Hall–Kier alpha value is -3.90. The highest BCUT2D eigenvalue weighted by molar-refractivity contribution is 7.89. The lowest BCUT2D eigenvalue weighted by atomic mass is 10.1. The molecule has 0 radical (unpaired) electrons. The van der Waals surface area contributed by atoms with Gasteiger partial charge in [-0.3, -0.25) is 4.79 Å². The minimum atomic E-state index is -3.91. The number of hydrogen-bond donors (Lipinski definition) is 3. The molecule has 4 rings (SSSR count). The Morgan fingerprint density at radius 1 is 1.11 bits per heavy atom. The lowest BCUT2D eigenvalue weighted by molar-refractivity contribution is 0.341. The summed E-state index contributed by atoms with van der Waals surface area (Å²) in [6, 6.07) is 9.33. The van der Waals surface area contributed by atoms with Gasteiger partial charge in [0.15, 0.2) is 22.8 Å². The third-order valence-electron chi connectivity index (χ3n) is 5.98. The molecule has 2 aromatic heterocycles. The van der Waals surface area contributed by atoms with Crippen LogP contribution in [0.1, 0.15) is 37.4 Å². The van der Waals surface area contributed by atoms with Crippen LogP contribution in [0.3, 0.4) is 0 Å². The van der Waals surface area contributed by atoms with Crippen LogP contribution in [0.25, 0.3) is 16.9 Å². The van der Waals surface area contributed by atoms with Gasteiger partial charge >= 0.3 is 0 Å². The summed E-state index contributed by atoms with van der Waals surface area (Å²) in [4.78, 5) is 20.2. The summed E-state index contributed by atoms with van der Waals surface area (Å²) in [5.41, 5.74) is 1.63. The van der Waals surface area contributed by atoms with Crippen molar-refractivity contribution >= 4 is 15.5 Å². The second-order valence-corrected chi connectivity index (χ2v) is 10.4. The topological polar surface area (TPSA) is 148 Å². The smallest absolute Gasteiger partial charge is 0.277 e. The van der Waals surface area contributed by atoms with Gasteiger partial charge in [-0.15, -0.1) is 5.10 Å². The van der Waals surface area contributed by atoms with Crippen LogP contribution in [0, 0.1) is 6.92 Å². The zero-order chi connectivity index (χ0) is 27.4. The fraction of sp³-hybridized carbons (Fsp3) is 0.346. The maximum absolute atomic E-state index is 13.1. The fourth-order valence-corrected chi connectivity index (χ4v) is 5.25. The van der Waals surface area contributed by atoms with E-state index in [2.05, 4.69) is 19.8 Å². The third kappa shape index (κ3) is 5.50. The monoisotopic (exact) mass is 541 g/mol.